The molecule has 0 bridgehead atoms. The van der Waals surface area contributed by atoms with Crippen molar-refractivity contribution in [3.05, 3.63) is 30.1 Å². The Bertz CT molecular complexity index is 650. The highest BCUT2D eigenvalue weighted by molar-refractivity contribution is 5.80. The van der Waals surface area contributed by atoms with E-state index in [-0.39, 0.29) is 11.8 Å². The van der Waals surface area contributed by atoms with E-state index >= 15 is 0 Å². The highest BCUT2D eigenvalue weighted by Gasteiger charge is 2.32. The maximum absolute atomic E-state index is 12.0. The van der Waals surface area contributed by atoms with Gasteiger partial charge in [0.25, 0.3) is 0 Å². The maximum Gasteiger partial charge on any atom is 0.223 e. The molecule has 0 radical (unpaired) electrons. The van der Waals surface area contributed by atoms with Crippen LogP contribution in [-0.2, 0) is 16.1 Å². The van der Waals surface area contributed by atoms with Crippen molar-refractivity contribution in [1.29, 1.82) is 0 Å². The molecule has 0 spiro atoms. The minimum absolute atomic E-state index is 0.182. The van der Waals surface area contributed by atoms with Crippen molar-refractivity contribution in [2.45, 2.75) is 25.8 Å². The van der Waals surface area contributed by atoms with Gasteiger partial charge in [-0.25, -0.2) is 4.98 Å². The average molecular weight is 287 g/mol. The fraction of sp³-hybridized carbons (Fsp3) is 0.500. The monoisotopic (exact) mass is 287 g/mol. The predicted octanol–water partition coefficient (Wildman–Crippen LogP) is 2.02. The van der Waals surface area contributed by atoms with Crippen LogP contribution in [0.3, 0.4) is 0 Å². The first-order valence-electron chi connectivity index (χ1n) is 7.46. The number of likely N-dealkylation sites (tertiary alicyclic amines) is 1. The number of hydrogen-bond donors (Lipinski definition) is 0. The number of likely N-dealkylation sites (N-methyl/N-ethyl adjacent to an activating group) is 1. The maximum atomic E-state index is 12.0. The quantitative estimate of drug-likeness (QED) is 0.845. The first-order valence-corrected chi connectivity index (χ1v) is 7.46. The van der Waals surface area contributed by atoms with E-state index in [1.54, 1.807) is 7.11 Å². The van der Waals surface area contributed by atoms with Crippen molar-refractivity contribution in [1.82, 2.24) is 14.5 Å². The van der Waals surface area contributed by atoms with Gasteiger partial charge in [-0.05, 0) is 19.1 Å². The lowest BCUT2D eigenvalue weighted by Crippen LogP contribution is -2.24. The van der Waals surface area contributed by atoms with Crippen LogP contribution in [0, 0.1) is 0 Å². The molecule has 1 amide bonds. The number of para-hydroxylation sites is 2. The summed E-state index contributed by atoms with van der Waals surface area (Å²) in [6, 6.07) is 8.12. The van der Waals surface area contributed by atoms with Crippen LogP contribution in [0.2, 0.25) is 0 Å². The summed E-state index contributed by atoms with van der Waals surface area (Å²) < 4.78 is 7.42. The molecular weight excluding hydrogens is 266 g/mol. The number of carbonyl (C=O) groups excluding carboxylic acids is 1. The molecule has 1 aromatic heterocycles. The Hall–Kier alpha value is -1.88. The van der Waals surface area contributed by atoms with Crippen molar-refractivity contribution < 1.29 is 9.53 Å². The number of rotatable bonds is 5. The van der Waals surface area contributed by atoms with Crippen LogP contribution in [0.15, 0.2) is 24.3 Å². The Labute approximate surface area is 124 Å². The van der Waals surface area contributed by atoms with Gasteiger partial charge in [-0.2, -0.15) is 0 Å². The Morgan fingerprint density at radius 3 is 2.90 bits per heavy atom. The van der Waals surface area contributed by atoms with E-state index < -0.39 is 0 Å². The third-order valence-corrected chi connectivity index (χ3v) is 4.16. The number of benzene rings is 1. The number of nitrogens with zero attached hydrogens (tertiary/aromatic N) is 3. The Kier molecular flexibility index (Phi) is 3.92. The summed E-state index contributed by atoms with van der Waals surface area (Å²) in [7, 11) is 1.71. The van der Waals surface area contributed by atoms with Crippen molar-refractivity contribution in [3.8, 4) is 0 Å². The van der Waals surface area contributed by atoms with Crippen LogP contribution in [0.1, 0.15) is 25.1 Å². The molecule has 0 saturated carbocycles. The molecule has 2 aromatic rings. The molecule has 5 heteroatoms. The number of hydrogen-bond acceptors (Lipinski definition) is 3. The molecule has 1 saturated heterocycles. The smallest absolute Gasteiger partial charge is 0.223 e. The van der Waals surface area contributed by atoms with Gasteiger partial charge >= 0.3 is 0 Å². The van der Waals surface area contributed by atoms with Gasteiger partial charge in [0.15, 0.2) is 0 Å². The number of imidazole rings is 1. The second-order valence-electron chi connectivity index (χ2n) is 5.44. The minimum atomic E-state index is 0.182. The SMILES string of the molecule is CCN1CC(c2nc3ccccc3n2CCOC)CC1=O. The van der Waals surface area contributed by atoms with E-state index in [2.05, 4.69) is 10.6 Å². The number of ether oxygens (including phenoxy) is 1. The second kappa shape index (κ2) is 5.85. The normalized spacial score (nSPS) is 18.9. The van der Waals surface area contributed by atoms with E-state index in [0.717, 1.165) is 36.5 Å². The van der Waals surface area contributed by atoms with Gasteiger partial charge in [0.2, 0.25) is 5.91 Å². The number of aromatic nitrogens is 2. The van der Waals surface area contributed by atoms with Crippen LogP contribution in [0.25, 0.3) is 11.0 Å². The summed E-state index contributed by atoms with van der Waals surface area (Å²) >= 11 is 0. The second-order valence-corrected chi connectivity index (χ2v) is 5.44. The number of fused-ring (bicyclic) bond motifs is 1. The van der Waals surface area contributed by atoms with E-state index in [1.165, 1.54) is 0 Å². The molecule has 1 aromatic carbocycles. The zero-order chi connectivity index (χ0) is 14.8. The van der Waals surface area contributed by atoms with Gasteiger partial charge in [0.1, 0.15) is 5.82 Å². The fourth-order valence-corrected chi connectivity index (χ4v) is 3.07. The van der Waals surface area contributed by atoms with Crippen molar-refractivity contribution >= 4 is 16.9 Å². The Morgan fingerprint density at radius 2 is 2.19 bits per heavy atom. The Balaban J connectivity index is 1.99. The predicted molar refractivity (Wildman–Crippen MR) is 81.2 cm³/mol. The first kappa shape index (κ1) is 14.1. The van der Waals surface area contributed by atoms with E-state index in [4.69, 9.17) is 9.72 Å². The van der Waals surface area contributed by atoms with Crippen LogP contribution in [-0.4, -0.2) is 47.2 Å². The highest BCUT2D eigenvalue weighted by atomic mass is 16.5. The summed E-state index contributed by atoms with van der Waals surface area (Å²) in [6.45, 7) is 4.97. The molecule has 3 rings (SSSR count). The lowest BCUT2D eigenvalue weighted by atomic mass is 10.1. The van der Waals surface area contributed by atoms with Gasteiger partial charge in [0.05, 0.1) is 17.6 Å². The lowest BCUT2D eigenvalue weighted by Gasteiger charge is -2.15. The van der Waals surface area contributed by atoms with Crippen LogP contribution in [0.4, 0.5) is 0 Å². The molecular formula is C16H21N3O2. The fourth-order valence-electron chi connectivity index (χ4n) is 3.07. The van der Waals surface area contributed by atoms with Crippen molar-refractivity contribution in [2.24, 2.45) is 0 Å². The lowest BCUT2D eigenvalue weighted by molar-refractivity contribution is -0.127. The van der Waals surface area contributed by atoms with Crippen LogP contribution >= 0.6 is 0 Å². The summed E-state index contributed by atoms with van der Waals surface area (Å²) in [4.78, 5) is 18.7. The van der Waals surface area contributed by atoms with Crippen molar-refractivity contribution in [2.75, 3.05) is 26.8 Å². The largest absolute Gasteiger partial charge is 0.383 e. The number of methoxy groups -OCH3 is 1. The van der Waals surface area contributed by atoms with Crippen molar-refractivity contribution in [3.63, 3.8) is 0 Å². The minimum Gasteiger partial charge on any atom is -0.383 e. The van der Waals surface area contributed by atoms with Gasteiger partial charge in [0, 0.05) is 39.1 Å². The standard InChI is InChI=1S/C16H21N3O2/c1-3-18-11-12(10-15(18)20)16-17-13-6-4-5-7-14(13)19(16)8-9-21-2/h4-7,12H,3,8-11H2,1-2H3. The molecule has 1 aliphatic heterocycles. The summed E-state index contributed by atoms with van der Waals surface area (Å²) in [5, 5.41) is 0. The number of amides is 1. The molecule has 21 heavy (non-hydrogen) atoms. The molecule has 5 nitrogen and oxygen atoms in total. The summed E-state index contributed by atoms with van der Waals surface area (Å²) in [5.41, 5.74) is 2.11. The Morgan fingerprint density at radius 1 is 1.38 bits per heavy atom. The summed E-state index contributed by atoms with van der Waals surface area (Å²) in [6.07, 6.45) is 0.560. The van der Waals surface area contributed by atoms with E-state index in [9.17, 15) is 4.79 Å². The molecule has 1 unspecified atom stereocenters. The molecule has 2 heterocycles. The van der Waals surface area contributed by atoms with Crippen LogP contribution in [0.5, 0.6) is 0 Å². The van der Waals surface area contributed by atoms with Gasteiger partial charge < -0.3 is 14.2 Å². The van der Waals surface area contributed by atoms with Crippen LogP contribution < -0.4 is 0 Å². The first-order chi connectivity index (χ1) is 10.2. The molecule has 1 aliphatic rings. The third kappa shape index (κ3) is 2.53. The van der Waals surface area contributed by atoms with E-state index in [0.29, 0.717) is 13.0 Å². The van der Waals surface area contributed by atoms with Gasteiger partial charge in [-0.3, -0.25) is 4.79 Å². The molecule has 112 valence electrons. The molecule has 1 fully saturated rings. The zero-order valence-electron chi connectivity index (χ0n) is 12.6. The number of carbonyl (C=O) groups is 1. The third-order valence-electron chi connectivity index (χ3n) is 4.16. The topological polar surface area (TPSA) is 47.4 Å². The van der Waals surface area contributed by atoms with Gasteiger partial charge in [-0.15, -0.1) is 0 Å². The summed E-state index contributed by atoms with van der Waals surface area (Å²) in [5.74, 6) is 1.42. The molecule has 0 N–H and O–H groups in total. The van der Waals surface area contributed by atoms with Gasteiger partial charge in [-0.1, -0.05) is 12.1 Å². The highest BCUT2D eigenvalue weighted by Crippen LogP contribution is 2.30. The zero-order valence-corrected chi connectivity index (χ0v) is 12.6. The van der Waals surface area contributed by atoms with E-state index in [1.807, 2.05) is 30.0 Å². The molecule has 1 atom stereocenters. The molecule has 0 aliphatic carbocycles. The average Bonchev–Trinajstić information content (AvgIpc) is 3.05.